The molecule has 0 aliphatic rings. The topological polar surface area (TPSA) is 52.0 Å². The first-order valence-corrected chi connectivity index (χ1v) is 2.86. The Bertz CT molecular complexity index is 83.7. The van der Waals surface area contributed by atoms with E-state index in [2.05, 4.69) is 0 Å². The van der Waals surface area contributed by atoms with Gasteiger partial charge in [0.15, 0.2) is 0 Å². The molecule has 0 bridgehead atoms. The molecule has 0 saturated heterocycles. The minimum Gasteiger partial charge on any atom is -0.402 e. The highest BCUT2D eigenvalue weighted by atomic mass is 32.2. The number of rotatable bonds is 1. The van der Waals surface area contributed by atoms with Crippen LogP contribution in [-0.4, -0.2) is 0 Å². The smallest absolute Gasteiger partial charge is 0.0156 e. The van der Waals surface area contributed by atoms with Crippen molar-refractivity contribution in [2.45, 2.75) is 13.8 Å². The van der Waals surface area contributed by atoms with Crippen LogP contribution < -0.4 is 10.9 Å². The summed E-state index contributed by atoms with van der Waals surface area (Å²) in [5.74, 6) is 0. The van der Waals surface area contributed by atoms with E-state index in [1.807, 2.05) is 13.8 Å². The summed E-state index contributed by atoms with van der Waals surface area (Å²) in [7, 11) is 0. The van der Waals surface area contributed by atoms with E-state index >= 15 is 0 Å². The average molecular weight is 118 g/mol. The highest BCUT2D eigenvalue weighted by Crippen LogP contribution is 2.07. The van der Waals surface area contributed by atoms with Gasteiger partial charge >= 0.3 is 0 Å². The molecule has 42 valence electrons. The molecule has 0 spiro atoms. The van der Waals surface area contributed by atoms with E-state index < -0.39 is 0 Å². The average Bonchev–Trinajstić information content (AvgIpc) is 1.65. The summed E-state index contributed by atoms with van der Waals surface area (Å²) in [6, 6.07) is 0. The Morgan fingerprint density at radius 3 is 1.86 bits per heavy atom. The molecule has 0 aromatic heterocycles. The number of allylic oxidation sites excluding steroid dienone is 2. The second-order valence-electron chi connectivity index (χ2n) is 1.36. The molecule has 0 amide bonds. The Hall–Kier alpha value is -0.150. The fourth-order valence-electron chi connectivity index (χ4n) is 0.0929. The Morgan fingerprint density at radius 2 is 1.86 bits per heavy atom. The quantitative estimate of drug-likeness (QED) is 0.501. The second kappa shape index (κ2) is 2.93. The first-order valence-electron chi connectivity index (χ1n) is 1.98. The normalized spacial score (nSPS) is 13.6. The minimum atomic E-state index is 0.799. The van der Waals surface area contributed by atoms with Crippen LogP contribution in [0.2, 0.25) is 0 Å². The summed E-state index contributed by atoms with van der Waals surface area (Å²) in [5, 5.41) is 5.15. The van der Waals surface area contributed by atoms with Crippen LogP contribution in [0.3, 0.4) is 0 Å². The van der Waals surface area contributed by atoms with Crippen LogP contribution in [0.4, 0.5) is 0 Å². The predicted molar refractivity (Wildman–Crippen MR) is 34.3 cm³/mol. The molecule has 0 aromatic carbocycles. The molecule has 0 heterocycles. The van der Waals surface area contributed by atoms with Crippen molar-refractivity contribution in [2.24, 2.45) is 10.9 Å². The lowest BCUT2D eigenvalue weighted by atomic mass is 10.5. The zero-order valence-corrected chi connectivity index (χ0v) is 5.38. The summed E-state index contributed by atoms with van der Waals surface area (Å²) in [4.78, 5) is 0.986. The van der Waals surface area contributed by atoms with Gasteiger partial charge in [0.25, 0.3) is 0 Å². The second-order valence-corrected chi connectivity index (χ2v) is 2.21. The van der Waals surface area contributed by atoms with Gasteiger partial charge in [0.2, 0.25) is 0 Å². The van der Waals surface area contributed by atoms with E-state index in [-0.39, 0.29) is 0 Å². The Labute approximate surface area is 48.1 Å². The Kier molecular flexibility index (Phi) is 2.87. The van der Waals surface area contributed by atoms with Crippen LogP contribution in [0.15, 0.2) is 10.6 Å². The highest BCUT2D eigenvalue weighted by molar-refractivity contribution is 8.00. The van der Waals surface area contributed by atoms with Crippen LogP contribution >= 0.6 is 11.9 Å². The van der Waals surface area contributed by atoms with Gasteiger partial charge in [-0.2, -0.15) is 0 Å². The Morgan fingerprint density at radius 1 is 1.43 bits per heavy atom. The van der Waals surface area contributed by atoms with Gasteiger partial charge in [0, 0.05) is 10.6 Å². The van der Waals surface area contributed by atoms with Gasteiger partial charge in [-0.3, -0.25) is 5.14 Å². The zero-order chi connectivity index (χ0) is 5.86. The summed E-state index contributed by atoms with van der Waals surface area (Å²) in [5.41, 5.74) is 6.12. The molecule has 0 unspecified atom stereocenters. The molecule has 0 saturated carbocycles. The molecule has 0 aromatic rings. The van der Waals surface area contributed by atoms with Crippen molar-refractivity contribution in [3.8, 4) is 0 Å². The summed E-state index contributed by atoms with van der Waals surface area (Å²) >= 11 is 1.19. The van der Waals surface area contributed by atoms with E-state index in [1.54, 1.807) is 0 Å². The molecule has 0 rings (SSSR count). The van der Waals surface area contributed by atoms with E-state index in [4.69, 9.17) is 10.9 Å². The maximum absolute atomic E-state index is 5.33. The maximum atomic E-state index is 5.33. The molecule has 0 aliphatic heterocycles. The summed E-state index contributed by atoms with van der Waals surface area (Å²) < 4.78 is 0. The van der Waals surface area contributed by atoms with Crippen molar-refractivity contribution < 1.29 is 0 Å². The van der Waals surface area contributed by atoms with Gasteiger partial charge < -0.3 is 5.73 Å². The van der Waals surface area contributed by atoms with Gasteiger partial charge in [-0.05, 0) is 13.8 Å². The SMILES string of the molecule is C/C(N)=C(\C)SN. The van der Waals surface area contributed by atoms with Gasteiger partial charge in [-0.15, -0.1) is 0 Å². The van der Waals surface area contributed by atoms with Crippen molar-refractivity contribution >= 4 is 11.9 Å². The van der Waals surface area contributed by atoms with Crippen LogP contribution in [0.1, 0.15) is 13.8 Å². The lowest BCUT2D eigenvalue weighted by Crippen LogP contribution is -1.94. The molecule has 3 heteroatoms. The van der Waals surface area contributed by atoms with E-state index in [9.17, 15) is 0 Å². The fourth-order valence-corrected chi connectivity index (χ4v) is 0.279. The number of hydrogen-bond acceptors (Lipinski definition) is 3. The van der Waals surface area contributed by atoms with Gasteiger partial charge in [-0.1, -0.05) is 11.9 Å². The third-order valence-electron chi connectivity index (χ3n) is 0.732. The van der Waals surface area contributed by atoms with Gasteiger partial charge in [-0.25, -0.2) is 0 Å². The maximum Gasteiger partial charge on any atom is 0.0156 e. The molecular weight excluding hydrogens is 108 g/mol. The molecule has 0 fully saturated rings. The zero-order valence-electron chi connectivity index (χ0n) is 4.56. The van der Waals surface area contributed by atoms with E-state index in [0.29, 0.717) is 0 Å². The van der Waals surface area contributed by atoms with Crippen molar-refractivity contribution in [1.82, 2.24) is 0 Å². The van der Waals surface area contributed by atoms with Crippen molar-refractivity contribution in [1.29, 1.82) is 0 Å². The van der Waals surface area contributed by atoms with Crippen molar-refractivity contribution in [3.05, 3.63) is 10.6 Å². The molecule has 2 nitrogen and oxygen atoms in total. The molecule has 0 radical (unpaired) electrons. The van der Waals surface area contributed by atoms with Crippen LogP contribution in [-0.2, 0) is 0 Å². The number of hydrogen-bond donors (Lipinski definition) is 2. The molecule has 4 N–H and O–H groups in total. The van der Waals surface area contributed by atoms with Crippen LogP contribution in [0.5, 0.6) is 0 Å². The minimum absolute atomic E-state index is 0.799. The molecule has 0 atom stereocenters. The van der Waals surface area contributed by atoms with Crippen molar-refractivity contribution in [2.75, 3.05) is 0 Å². The highest BCUT2D eigenvalue weighted by Gasteiger charge is 1.85. The lowest BCUT2D eigenvalue weighted by Gasteiger charge is -1.93. The fraction of sp³-hybridized carbons (Fsp3) is 0.500. The third-order valence-corrected chi connectivity index (χ3v) is 1.41. The summed E-state index contributed by atoms with van der Waals surface area (Å²) in [6.45, 7) is 3.72. The van der Waals surface area contributed by atoms with Crippen molar-refractivity contribution in [3.63, 3.8) is 0 Å². The standard InChI is InChI=1S/C4H10N2S/c1-3(5)4(2)7-6/h5-6H2,1-2H3/b4-3-. The van der Waals surface area contributed by atoms with Gasteiger partial charge in [0.05, 0.1) is 0 Å². The Balaban J connectivity index is 3.72. The molecular formula is C4H10N2S. The molecule has 7 heavy (non-hydrogen) atoms. The van der Waals surface area contributed by atoms with Crippen LogP contribution in [0.25, 0.3) is 0 Å². The molecule has 0 aliphatic carbocycles. The summed E-state index contributed by atoms with van der Waals surface area (Å²) in [6.07, 6.45) is 0. The lowest BCUT2D eigenvalue weighted by molar-refractivity contribution is 1.28. The first-order chi connectivity index (χ1) is 3.18. The van der Waals surface area contributed by atoms with E-state index in [1.165, 1.54) is 11.9 Å². The van der Waals surface area contributed by atoms with Crippen LogP contribution in [0, 0.1) is 0 Å². The third kappa shape index (κ3) is 2.53. The van der Waals surface area contributed by atoms with Gasteiger partial charge in [0.1, 0.15) is 0 Å². The first kappa shape index (κ1) is 6.85. The predicted octanol–water partition coefficient (Wildman–Crippen LogP) is 0.803. The number of nitrogens with two attached hydrogens (primary N) is 2. The monoisotopic (exact) mass is 118 g/mol. The van der Waals surface area contributed by atoms with E-state index in [0.717, 1.165) is 10.6 Å². The largest absolute Gasteiger partial charge is 0.402 e.